The van der Waals surface area contributed by atoms with Crippen LogP contribution in [-0.2, 0) is 0 Å². The standard InChI is InChI=1S/C17H23N3O3S/c1-17(2,3)19-9-12(21)10-23-15-13(14(18)22)24-16(20-15)11-7-5-4-6-8-11/h4-8,12,19,21H,9-10H2,1-3H3,(H2,18,22)/t12-/m0/s1. The number of hydrogen-bond acceptors (Lipinski definition) is 6. The summed E-state index contributed by atoms with van der Waals surface area (Å²) in [5.41, 5.74) is 6.19. The van der Waals surface area contributed by atoms with Crippen LogP contribution in [0.5, 0.6) is 5.88 Å². The van der Waals surface area contributed by atoms with Crippen molar-refractivity contribution in [2.45, 2.75) is 32.4 Å². The van der Waals surface area contributed by atoms with Gasteiger partial charge >= 0.3 is 0 Å². The lowest BCUT2D eigenvalue weighted by Crippen LogP contribution is -2.42. The van der Waals surface area contributed by atoms with E-state index in [1.54, 1.807) is 0 Å². The quantitative estimate of drug-likeness (QED) is 0.711. The van der Waals surface area contributed by atoms with Crippen molar-refractivity contribution >= 4 is 17.2 Å². The second-order valence-corrected chi connectivity index (χ2v) is 7.48. The molecular weight excluding hydrogens is 326 g/mol. The number of aliphatic hydroxyl groups excluding tert-OH is 1. The number of amides is 1. The molecule has 2 aromatic rings. The fourth-order valence-corrected chi connectivity index (χ4v) is 2.79. The molecule has 24 heavy (non-hydrogen) atoms. The second kappa shape index (κ2) is 7.74. The van der Waals surface area contributed by atoms with Gasteiger partial charge in [0.2, 0.25) is 5.88 Å². The van der Waals surface area contributed by atoms with Crippen molar-refractivity contribution in [2.24, 2.45) is 5.73 Å². The topological polar surface area (TPSA) is 97.5 Å². The highest BCUT2D eigenvalue weighted by Crippen LogP contribution is 2.32. The Labute approximate surface area is 145 Å². The van der Waals surface area contributed by atoms with Crippen LogP contribution >= 0.6 is 11.3 Å². The Morgan fingerprint density at radius 1 is 1.38 bits per heavy atom. The van der Waals surface area contributed by atoms with Gasteiger partial charge in [0.25, 0.3) is 5.91 Å². The lowest BCUT2D eigenvalue weighted by molar-refractivity contribution is 0.0935. The zero-order valence-electron chi connectivity index (χ0n) is 14.1. The van der Waals surface area contributed by atoms with Crippen molar-refractivity contribution in [2.75, 3.05) is 13.2 Å². The van der Waals surface area contributed by atoms with Gasteiger partial charge in [-0.1, -0.05) is 30.3 Å². The lowest BCUT2D eigenvalue weighted by atomic mass is 10.1. The van der Waals surface area contributed by atoms with Crippen LogP contribution in [0.1, 0.15) is 30.4 Å². The Hall–Kier alpha value is -1.96. The highest BCUT2D eigenvalue weighted by Gasteiger charge is 2.20. The van der Waals surface area contributed by atoms with E-state index in [0.29, 0.717) is 11.6 Å². The molecule has 1 amide bonds. The van der Waals surface area contributed by atoms with Crippen LogP contribution in [0.4, 0.5) is 0 Å². The molecule has 0 bridgehead atoms. The van der Waals surface area contributed by atoms with Crippen LogP contribution in [0.15, 0.2) is 30.3 Å². The number of aromatic nitrogens is 1. The number of rotatable bonds is 7. The van der Waals surface area contributed by atoms with E-state index in [-0.39, 0.29) is 22.9 Å². The summed E-state index contributed by atoms with van der Waals surface area (Å²) in [6, 6.07) is 9.49. The number of nitrogens with two attached hydrogens (primary N) is 1. The first-order valence-corrected chi connectivity index (χ1v) is 8.50. The molecule has 130 valence electrons. The number of carbonyl (C=O) groups is 1. The second-order valence-electron chi connectivity index (χ2n) is 6.48. The number of nitrogens with one attached hydrogen (secondary N) is 1. The minimum atomic E-state index is -0.716. The van der Waals surface area contributed by atoms with Crippen molar-refractivity contribution in [3.8, 4) is 16.5 Å². The summed E-state index contributed by atoms with van der Waals surface area (Å²) in [5.74, 6) is -0.423. The normalized spacial score (nSPS) is 12.8. The third-order valence-corrected chi connectivity index (χ3v) is 4.22. The van der Waals surface area contributed by atoms with Gasteiger partial charge in [-0.05, 0) is 20.8 Å². The third kappa shape index (κ3) is 5.30. The van der Waals surface area contributed by atoms with Gasteiger partial charge in [-0.25, -0.2) is 4.98 Å². The number of thiazole rings is 1. The van der Waals surface area contributed by atoms with Gasteiger partial charge in [-0.3, -0.25) is 4.79 Å². The lowest BCUT2D eigenvalue weighted by Gasteiger charge is -2.22. The van der Waals surface area contributed by atoms with Crippen molar-refractivity contribution in [3.05, 3.63) is 35.2 Å². The summed E-state index contributed by atoms with van der Waals surface area (Å²) in [6.45, 7) is 6.45. The molecule has 0 saturated heterocycles. The number of β-amino-alcohol motifs (C(OH)–C–C–N with tert-alkyl or cyclic N) is 1. The van der Waals surface area contributed by atoms with Gasteiger partial charge in [0.15, 0.2) is 4.88 Å². The Kier molecular flexibility index (Phi) is 5.93. The van der Waals surface area contributed by atoms with Crippen LogP contribution in [0.25, 0.3) is 10.6 Å². The van der Waals surface area contributed by atoms with Gasteiger partial charge in [-0.2, -0.15) is 0 Å². The first-order chi connectivity index (χ1) is 11.3. The summed E-state index contributed by atoms with van der Waals surface area (Å²) in [4.78, 5) is 16.2. The minimum absolute atomic E-state index is 0.0291. The van der Waals surface area contributed by atoms with Gasteiger partial charge in [-0.15, -0.1) is 11.3 Å². The molecule has 2 rings (SSSR count). The number of benzene rings is 1. The van der Waals surface area contributed by atoms with Crippen LogP contribution in [-0.4, -0.2) is 40.8 Å². The first-order valence-electron chi connectivity index (χ1n) is 7.68. The smallest absolute Gasteiger partial charge is 0.264 e. The van der Waals surface area contributed by atoms with E-state index in [1.807, 2.05) is 51.1 Å². The van der Waals surface area contributed by atoms with Crippen molar-refractivity contribution in [1.29, 1.82) is 0 Å². The fourth-order valence-electron chi connectivity index (χ4n) is 1.92. The number of hydrogen-bond donors (Lipinski definition) is 3. The number of ether oxygens (including phenoxy) is 1. The average Bonchev–Trinajstić information content (AvgIpc) is 2.95. The molecule has 1 aromatic heterocycles. The molecule has 1 aromatic carbocycles. The highest BCUT2D eigenvalue weighted by atomic mass is 32.1. The largest absolute Gasteiger partial charge is 0.474 e. The fraction of sp³-hybridized carbons (Fsp3) is 0.412. The summed E-state index contributed by atoms with van der Waals surface area (Å²) >= 11 is 1.18. The van der Waals surface area contributed by atoms with Crippen LogP contribution in [0, 0.1) is 0 Å². The molecule has 7 heteroatoms. The molecule has 0 spiro atoms. The first kappa shape index (κ1) is 18.4. The van der Waals surface area contributed by atoms with Crippen LogP contribution < -0.4 is 15.8 Å². The maximum atomic E-state index is 11.6. The minimum Gasteiger partial charge on any atom is -0.474 e. The third-order valence-electron chi connectivity index (χ3n) is 3.12. The molecule has 0 radical (unpaired) electrons. The Balaban J connectivity index is 2.06. The van der Waals surface area contributed by atoms with Crippen LogP contribution in [0.2, 0.25) is 0 Å². The van der Waals surface area contributed by atoms with Gasteiger partial charge in [0, 0.05) is 17.6 Å². The molecule has 0 aliphatic carbocycles. The van der Waals surface area contributed by atoms with Crippen molar-refractivity contribution in [3.63, 3.8) is 0 Å². The Bertz CT molecular complexity index is 680. The van der Waals surface area contributed by atoms with E-state index in [0.717, 1.165) is 5.56 Å². The molecule has 0 saturated carbocycles. The molecular formula is C17H23N3O3S. The van der Waals surface area contributed by atoms with Gasteiger partial charge in [0.1, 0.15) is 17.7 Å². The average molecular weight is 349 g/mol. The van der Waals surface area contributed by atoms with E-state index < -0.39 is 12.0 Å². The predicted octanol–water partition coefficient (Wildman–Crippen LogP) is 2.04. The zero-order chi connectivity index (χ0) is 17.7. The maximum Gasteiger partial charge on any atom is 0.264 e. The van der Waals surface area contributed by atoms with E-state index in [2.05, 4.69) is 10.3 Å². The van der Waals surface area contributed by atoms with E-state index in [4.69, 9.17) is 10.5 Å². The van der Waals surface area contributed by atoms with Gasteiger partial charge in [0.05, 0.1) is 0 Å². The summed E-state index contributed by atoms with van der Waals surface area (Å²) < 4.78 is 5.54. The number of carbonyl (C=O) groups excluding carboxylic acids is 1. The van der Waals surface area contributed by atoms with E-state index >= 15 is 0 Å². The summed E-state index contributed by atoms with van der Waals surface area (Å²) in [7, 11) is 0. The van der Waals surface area contributed by atoms with Crippen molar-refractivity contribution < 1.29 is 14.6 Å². The van der Waals surface area contributed by atoms with E-state index in [1.165, 1.54) is 11.3 Å². The molecule has 0 aliphatic heterocycles. The molecule has 4 N–H and O–H groups in total. The Morgan fingerprint density at radius 3 is 2.62 bits per heavy atom. The van der Waals surface area contributed by atoms with E-state index in [9.17, 15) is 9.90 Å². The Morgan fingerprint density at radius 2 is 2.04 bits per heavy atom. The van der Waals surface area contributed by atoms with Crippen molar-refractivity contribution in [1.82, 2.24) is 10.3 Å². The molecule has 0 aliphatic rings. The summed E-state index contributed by atoms with van der Waals surface area (Å²) in [6.07, 6.45) is -0.716. The molecule has 6 nitrogen and oxygen atoms in total. The van der Waals surface area contributed by atoms with Gasteiger partial charge < -0.3 is 20.9 Å². The monoisotopic (exact) mass is 349 g/mol. The molecule has 0 fully saturated rings. The highest BCUT2D eigenvalue weighted by molar-refractivity contribution is 7.17. The number of primary amides is 1. The predicted molar refractivity (Wildman–Crippen MR) is 95.3 cm³/mol. The van der Waals surface area contributed by atoms with Crippen LogP contribution in [0.3, 0.4) is 0 Å². The molecule has 1 heterocycles. The molecule has 0 unspecified atom stereocenters. The number of nitrogens with zero attached hydrogens (tertiary/aromatic N) is 1. The maximum absolute atomic E-state index is 11.6. The summed E-state index contributed by atoms with van der Waals surface area (Å²) in [5, 5.41) is 13.8. The number of aliphatic hydroxyl groups is 1. The SMILES string of the molecule is CC(C)(C)NC[C@H](O)COc1nc(-c2ccccc2)sc1C(N)=O. The zero-order valence-corrected chi connectivity index (χ0v) is 14.9. The molecule has 1 atom stereocenters.